The molecule has 2 aliphatic carbocycles. The van der Waals surface area contributed by atoms with Crippen LogP contribution < -0.4 is 48.1 Å². The summed E-state index contributed by atoms with van der Waals surface area (Å²) in [6.07, 6.45) is -8.23. The second-order valence-electron chi connectivity index (χ2n) is 26.6. The number of amides is 8. The molecule has 540 valence electrons. The normalized spacial score (nSPS) is 20.5. The number of benzene rings is 4. The van der Waals surface area contributed by atoms with Crippen molar-refractivity contribution in [1.29, 1.82) is 0 Å². The third-order valence-electron chi connectivity index (χ3n) is 19.5. The van der Waals surface area contributed by atoms with Gasteiger partial charge in [-0.3, -0.25) is 38.4 Å². The smallest absolute Gasteiger partial charge is 0.407 e. The molecule has 1 saturated heterocycles. The number of aliphatic hydroxyl groups excluding tert-OH is 4. The Morgan fingerprint density at radius 1 is 0.765 bits per heavy atom. The number of pyridine rings is 2. The average molecular weight is 1430 g/mol. The van der Waals surface area contributed by atoms with Crippen LogP contribution in [0.3, 0.4) is 0 Å². The van der Waals surface area contributed by atoms with Crippen molar-refractivity contribution < 1.29 is 87.6 Å². The van der Waals surface area contributed by atoms with Crippen molar-refractivity contribution in [2.24, 2.45) is 5.41 Å². The molecule has 5 heterocycles. The van der Waals surface area contributed by atoms with Crippen LogP contribution in [0.2, 0.25) is 5.02 Å². The van der Waals surface area contributed by atoms with Gasteiger partial charge in [0.1, 0.15) is 62.5 Å². The SMILES string of the molecule is CC[C@@]1(O)C(=O)OCc2c1cc1n(c2=O)Cc2c-1nc1cc(Cl)c(C)c3c1c2[C@@H](NC(=O)C(C)(C)COCNC(=O)CNC(=O)[C@H](Cc1ccccc1)NC(=O)CNC(=O)CNC(=O)[C@H](CCC(=O)NC[C@@H]1O[C@H](CO)[C@@H](O)[C@H](O)[C@H]1O)NC(=O)OCC1c2ccccc2-c2ccccc21)CC3. The van der Waals surface area contributed by atoms with Crippen LogP contribution >= 0.6 is 11.6 Å². The van der Waals surface area contributed by atoms with Crippen LogP contribution in [-0.2, 0) is 88.9 Å². The van der Waals surface area contributed by atoms with E-state index in [1.165, 1.54) is 0 Å². The van der Waals surface area contributed by atoms with E-state index in [0.29, 0.717) is 45.9 Å². The van der Waals surface area contributed by atoms with Gasteiger partial charge in [0.25, 0.3) is 5.56 Å². The van der Waals surface area contributed by atoms with Crippen LogP contribution in [0.5, 0.6) is 0 Å². The fraction of sp³-hybridized carbons (Fsp3) is 0.431. The maximum Gasteiger partial charge on any atom is 0.407 e. The molecule has 3 aliphatic heterocycles. The maximum absolute atomic E-state index is 14.3. The lowest BCUT2D eigenvalue weighted by atomic mass is 9.81. The lowest BCUT2D eigenvalue weighted by molar-refractivity contribution is -0.227. The molecule has 9 atom stereocenters. The number of rotatable bonds is 27. The zero-order valence-corrected chi connectivity index (χ0v) is 57.1. The van der Waals surface area contributed by atoms with E-state index in [-0.39, 0.29) is 81.9 Å². The molecule has 0 saturated carbocycles. The largest absolute Gasteiger partial charge is 0.458 e. The zero-order valence-electron chi connectivity index (χ0n) is 56.4. The van der Waals surface area contributed by atoms with E-state index in [0.717, 1.165) is 44.3 Å². The number of carbonyl (C=O) groups is 9. The molecule has 0 bridgehead atoms. The summed E-state index contributed by atoms with van der Waals surface area (Å²) in [5.41, 5.74) is 5.79. The number of halogens is 1. The summed E-state index contributed by atoms with van der Waals surface area (Å²) in [7, 11) is 0. The molecule has 8 amide bonds. The number of fused-ring (bicyclic) bond motifs is 8. The summed E-state index contributed by atoms with van der Waals surface area (Å²) in [5, 5.41) is 73.8. The van der Waals surface area contributed by atoms with E-state index in [2.05, 4.69) is 42.5 Å². The summed E-state index contributed by atoms with van der Waals surface area (Å²) in [4.78, 5) is 140. The Kier molecular flexibility index (Phi) is 22.5. The van der Waals surface area contributed by atoms with Gasteiger partial charge in [-0.2, -0.15) is 0 Å². The van der Waals surface area contributed by atoms with Crippen molar-refractivity contribution in [2.75, 3.05) is 52.7 Å². The summed E-state index contributed by atoms with van der Waals surface area (Å²) < 4.78 is 23.8. The van der Waals surface area contributed by atoms with Gasteiger partial charge in [-0.15, -0.1) is 0 Å². The van der Waals surface area contributed by atoms with Gasteiger partial charge in [0, 0.05) is 46.8 Å². The predicted molar refractivity (Wildman–Crippen MR) is 365 cm³/mol. The molecule has 2 aromatic heterocycles. The van der Waals surface area contributed by atoms with Crippen molar-refractivity contribution in [3.05, 3.63) is 156 Å². The molecule has 4 aromatic carbocycles. The lowest BCUT2D eigenvalue weighted by Crippen LogP contribution is -2.60. The van der Waals surface area contributed by atoms with Gasteiger partial charge in [-0.05, 0) is 103 Å². The Balaban J connectivity index is 0.659. The van der Waals surface area contributed by atoms with Crippen LogP contribution in [-0.4, -0.2) is 184 Å². The molecule has 0 unspecified atom stereocenters. The highest BCUT2D eigenvalue weighted by Crippen LogP contribution is 2.48. The van der Waals surface area contributed by atoms with Crippen molar-refractivity contribution in [2.45, 2.75) is 140 Å². The third kappa shape index (κ3) is 15.5. The molecule has 102 heavy (non-hydrogen) atoms. The van der Waals surface area contributed by atoms with Gasteiger partial charge in [0.05, 0.1) is 73.3 Å². The molecule has 1 fully saturated rings. The highest BCUT2D eigenvalue weighted by atomic mass is 35.5. The quantitative estimate of drug-likeness (QED) is 0.0194. The Bertz CT molecular complexity index is 4300. The second kappa shape index (κ2) is 31.3. The zero-order chi connectivity index (χ0) is 72.9. The molecule has 0 spiro atoms. The van der Waals surface area contributed by atoms with Gasteiger partial charge in [-0.25, -0.2) is 14.6 Å². The van der Waals surface area contributed by atoms with Crippen molar-refractivity contribution in [3.8, 4) is 22.5 Å². The first-order chi connectivity index (χ1) is 48.8. The lowest BCUT2D eigenvalue weighted by Gasteiger charge is -2.40. The number of ether oxygens (including phenoxy) is 4. The molecular formula is C72H81ClN10O19. The number of hydrogen-bond acceptors (Lipinski definition) is 20. The fourth-order valence-electron chi connectivity index (χ4n) is 13.7. The van der Waals surface area contributed by atoms with Crippen molar-refractivity contribution in [3.63, 3.8) is 0 Å². The number of aromatic nitrogens is 2. The number of hydrogen-bond donors (Lipinski definition) is 13. The monoisotopic (exact) mass is 1420 g/mol. The highest BCUT2D eigenvalue weighted by Gasteiger charge is 2.47. The Labute approximate surface area is 589 Å². The van der Waals surface area contributed by atoms with Gasteiger partial charge in [0.2, 0.25) is 41.4 Å². The first kappa shape index (κ1) is 73.5. The van der Waals surface area contributed by atoms with E-state index < -0.39 is 145 Å². The van der Waals surface area contributed by atoms with Crippen LogP contribution in [0.25, 0.3) is 33.4 Å². The average Bonchev–Trinajstić information content (AvgIpc) is 1.49. The maximum atomic E-state index is 14.3. The van der Waals surface area contributed by atoms with E-state index in [4.69, 9.17) is 35.5 Å². The minimum atomic E-state index is -2.04. The van der Waals surface area contributed by atoms with Gasteiger partial charge in [-0.1, -0.05) is 97.4 Å². The van der Waals surface area contributed by atoms with E-state index in [1.54, 1.807) is 67.8 Å². The van der Waals surface area contributed by atoms with Crippen molar-refractivity contribution >= 4 is 75.9 Å². The topological polar surface area (TPSA) is 423 Å². The van der Waals surface area contributed by atoms with Crippen molar-refractivity contribution in [1.82, 2.24) is 52.1 Å². The van der Waals surface area contributed by atoms with Gasteiger partial charge >= 0.3 is 12.1 Å². The first-order valence-corrected chi connectivity index (χ1v) is 34.0. The molecular weight excluding hydrogens is 1340 g/mol. The predicted octanol–water partition coefficient (Wildman–Crippen LogP) is 0.984. The van der Waals surface area contributed by atoms with E-state index in [1.807, 2.05) is 55.5 Å². The molecule has 0 radical (unpaired) electrons. The molecule has 29 nitrogen and oxygen atoms in total. The Hall–Kier alpha value is -9.72. The van der Waals surface area contributed by atoms with Crippen LogP contribution in [0.4, 0.5) is 4.79 Å². The number of aliphatic hydroxyl groups is 5. The fourth-order valence-corrected chi connectivity index (χ4v) is 13.9. The Morgan fingerprint density at radius 2 is 1.41 bits per heavy atom. The number of alkyl carbamates (subject to hydrolysis) is 1. The first-order valence-electron chi connectivity index (χ1n) is 33.6. The summed E-state index contributed by atoms with van der Waals surface area (Å²) in [5.74, 6) is -6.32. The standard InChI is InChI=1S/C72H81ClN10O19/c1-5-72(98)46-24-52-61-43(30-83(52)67(94)45(46)33-100-69(72)96)60-48(20-19-38-36(2)47(73)25-50(80-61)59(38)60)81-68(95)71(3,4)34-99-35-78-57(87)28-77-66(93)51(23-37-13-7-6-8-14-37)79-58(88)29-75-56(86)27-76-65(92)49(21-22-55(85)74-26-53-62(89)64(91)63(90)54(31-84)102-53)82-70(97)101-32-44-41-17-11-9-15-39(41)40-16-10-12-18-42(40)44/h6-18,24-25,44,48-49,51,53-54,62-64,84,89-91,98H,5,19-23,26-35H2,1-4H3,(H,74,85)(H,75,86)(H,76,92)(H,77,93)(H,78,87)(H,79,88)(H,81,95)(H,82,97)/t48-,49-,51-,53-,54+,62-,63+,64+,72-/m0/s1. The number of nitrogens with zero attached hydrogens (tertiary/aromatic N) is 2. The van der Waals surface area contributed by atoms with Crippen LogP contribution in [0, 0.1) is 12.3 Å². The number of carbonyl (C=O) groups excluding carboxylic acids is 9. The van der Waals surface area contributed by atoms with Crippen LogP contribution in [0.1, 0.15) is 108 Å². The highest BCUT2D eigenvalue weighted by molar-refractivity contribution is 6.32. The summed E-state index contributed by atoms with van der Waals surface area (Å²) in [6, 6.07) is 24.0. The second-order valence-corrected chi connectivity index (χ2v) is 27.0. The number of nitrogens with one attached hydrogen (secondary N) is 8. The van der Waals surface area contributed by atoms with E-state index in [9.17, 15) is 73.5 Å². The minimum Gasteiger partial charge on any atom is -0.458 e. The van der Waals surface area contributed by atoms with Gasteiger partial charge < -0.3 is 91.6 Å². The molecule has 6 aromatic rings. The molecule has 30 heteroatoms. The third-order valence-corrected chi connectivity index (χ3v) is 19.9. The number of esters is 1. The van der Waals surface area contributed by atoms with E-state index >= 15 is 0 Å². The minimum absolute atomic E-state index is 0.0331. The number of aryl methyl sites for hydroxylation is 1. The molecule has 11 rings (SSSR count). The van der Waals surface area contributed by atoms with Crippen LogP contribution in [0.15, 0.2) is 95.8 Å². The summed E-state index contributed by atoms with van der Waals surface area (Å²) >= 11 is 6.78. The van der Waals surface area contributed by atoms with Gasteiger partial charge in [0.15, 0.2) is 5.60 Å². The molecule has 5 aliphatic rings. The number of cyclic esters (lactones) is 1. The summed E-state index contributed by atoms with van der Waals surface area (Å²) in [6.45, 7) is 3.00. The Morgan fingerprint density at radius 3 is 2.10 bits per heavy atom. The molecule has 13 N–H and O–H groups in total.